The molecule has 0 aromatic carbocycles. The monoisotopic (exact) mass is 266 g/mol. The van der Waals surface area contributed by atoms with Crippen molar-refractivity contribution in [3.63, 3.8) is 0 Å². The molecule has 0 radical (unpaired) electrons. The molecular weight excluding hydrogens is 232 g/mol. The van der Waals surface area contributed by atoms with Crippen LogP contribution in [0.25, 0.3) is 0 Å². The van der Waals surface area contributed by atoms with Crippen LogP contribution in [0, 0.1) is 11.8 Å². The van der Waals surface area contributed by atoms with Gasteiger partial charge in [0, 0.05) is 19.1 Å². The molecule has 19 heavy (non-hydrogen) atoms. The average Bonchev–Trinajstić information content (AvgIpc) is 2.68. The van der Waals surface area contributed by atoms with Crippen molar-refractivity contribution in [2.75, 3.05) is 26.2 Å². The van der Waals surface area contributed by atoms with E-state index in [1.54, 1.807) is 0 Å². The minimum absolute atomic E-state index is 0.792. The van der Waals surface area contributed by atoms with Gasteiger partial charge in [-0.25, -0.2) is 0 Å². The van der Waals surface area contributed by atoms with Crippen LogP contribution in [-0.4, -0.2) is 37.1 Å². The van der Waals surface area contributed by atoms with Crippen LogP contribution in [0.15, 0.2) is 0 Å². The Morgan fingerprint density at radius 2 is 1.63 bits per heavy atom. The first-order chi connectivity index (χ1) is 9.27. The summed E-state index contributed by atoms with van der Waals surface area (Å²) in [4.78, 5) is 2.67. The molecule has 1 heterocycles. The molecule has 2 nitrogen and oxygen atoms in total. The molecular formula is C17H34N2. The summed E-state index contributed by atoms with van der Waals surface area (Å²) in [5.41, 5.74) is 0. The second kappa shape index (κ2) is 8.26. The van der Waals surface area contributed by atoms with Crippen molar-refractivity contribution in [2.45, 2.75) is 71.3 Å². The third kappa shape index (κ3) is 5.07. The fraction of sp³-hybridized carbons (Fsp3) is 1.00. The summed E-state index contributed by atoms with van der Waals surface area (Å²) in [6.45, 7) is 9.94. The molecule has 112 valence electrons. The highest BCUT2D eigenvalue weighted by Gasteiger charge is 2.26. The van der Waals surface area contributed by atoms with Crippen LogP contribution in [0.5, 0.6) is 0 Å². The summed E-state index contributed by atoms with van der Waals surface area (Å²) in [5, 5.41) is 3.88. The number of hydrogen-bond acceptors (Lipinski definition) is 2. The van der Waals surface area contributed by atoms with E-state index < -0.39 is 0 Å². The van der Waals surface area contributed by atoms with Gasteiger partial charge in [0.25, 0.3) is 0 Å². The molecule has 0 amide bonds. The van der Waals surface area contributed by atoms with Crippen LogP contribution in [-0.2, 0) is 0 Å². The van der Waals surface area contributed by atoms with E-state index >= 15 is 0 Å². The topological polar surface area (TPSA) is 15.3 Å². The van der Waals surface area contributed by atoms with Crippen LogP contribution in [0.2, 0.25) is 0 Å². The predicted octanol–water partition coefficient (Wildman–Crippen LogP) is 3.67. The van der Waals surface area contributed by atoms with Gasteiger partial charge in [-0.3, -0.25) is 0 Å². The van der Waals surface area contributed by atoms with Gasteiger partial charge in [0.05, 0.1) is 0 Å². The lowest BCUT2D eigenvalue weighted by molar-refractivity contribution is 0.195. The summed E-state index contributed by atoms with van der Waals surface area (Å²) in [6, 6.07) is 0.792. The van der Waals surface area contributed by atoms with Crippen molar-refractivity contribution < 1.29 is 0 Å². The van der Waals surface area contributed by atoms with Gasteiger partial charge >= 0.3 is 0 Å². The molecule has 2 fully saturated rings. The highest BCUT2D eigenvalue weighted by molar-refractivity contribution is 4.83. The Morgan fingerprint density at radius 1 is 0.947 bits per heavy atom. The zero-order valence-corrected chi connectivity index (χ0v) is 13.2. The fourth-order valence-electron chi connectivity index (χ4n) is 3.98. The number of rotatable bonds is 5. The lowest BCUT2D eigenvalue weighted by atomic mass is 9.78. The van der Waals surface area contributed by atoms with Gasteiger partial charge in [-0.05, 0) is 50.6 Å². The SMILES string of the molecule is CC(C)C1CCCCC1NCCN1CCCCCC1. The molecule has 2 aliphatic rings. The summed E-state index contributed by atoms with van der Waals surface area (Å²) in [7, 11) is 0. The molecule has 0 spiro atoms. The lowest BCUT2D eigenvalue weighted by Crippen LogP contribution is -2.44. The van der Waals surface area contributed by atoms with Crippen LogP contribution in [0.3, 0.4) is 0 Å². The Kier molecular flexibility index (Phi) is 6.66. The summed E-state index contributed by atoms with van der Waals surface area (Å²) >= 11 is 0. The Balaban J connectivity index is 1.68. The minimum atomic E-state index is 0.792. The fourth-order valence-corrected chi connectivity index (χ4v) is 3.98. The van der Waals surface area contributed by atoms with Crippen molar-refractivity contribution in [3.8, 4) is 0 Å². The summed E-state index contributed by atoms with van der Waals surface area (Å²) < 4.78 is 0. The van der Waals surface area contributed by atoms with Gasteiger partial charge in [-0.15, -0.1) is 0 Å². The normalized spacial score (nSPS) is 30.5. The smallest absolute Gasteiger partial charge is 0.0107 e. The van der Waals surface area contributed by atoms with Gasteiger partial charge in [-0.2, -0.15) is 0 Å². The van der Waals surface area contributed by atoms with Gasteiger partial charge in [0.1, 0.15) is 0 Å². The molecule has 2 rings (SSSR count). The molecule has 1 saturated carbocycles. The van der Waals surface area contributed by atoms with E-state index in [1.807, 2.05) is 0 Å². The summed E-state index contributed by atoms with van der Waals surface area (Å²) in [6.07, 6.45) is 11.5. The third-order valence-corrected chi connectivity index (χ3v) is 5.21. The van der Waals surface area contributed by atoms with E-state index in [1.165, 1.54) is 77.5 Å². The van der Waals surface area contributed by atoms with E-state index in [4.69, 9.17) is 0 Å². The molecule has 1 aliphatic carbocycles. The standard InChI is InChI=1S/C17H34N2/c1-15(2)16-9-5-6-10-17(16)18-11-14-19-12-7-3-4-8-13-19/h15-18H,3-14H2,1-2H3. The zero-order chi connectivity index (χ0) is 13.5. The number of nitrogens with one attached hydrogen (secondary N) is 1. The number of likely N-dealkylation sites (tertiary alicyclic amines) is 1. The highest BCUT2D eigenvalue weighted by Crippen LogP contribution is 2.30. The van der Waals surface area contributed by atoms with Crippen LogP contribution >= 0.6 is 0 Å². The Bertz CT molecular complexity index is 231. The van der Waals surface area contributed by atoms with Crippen molar-refractivity contribution in [2.24, 2.45) is 11.8 Å². The molecule has 1 aliphatic heterocycles. The van der Waals surface area contributed by atoms with E-state index in [0.717, 1.165) is 17.9 Å². The van der Waals surface area contributed by atoms with E-state index in [2.05, 4.69) is 24.1 Å². The molecule has 0 bridgehead atoms. The highest BCUT2D eigenvalue weighted by atomic mass is 15.1. The van der Waals surface area contributed by atoms with Crippen molar-refractivity contribution >= 4 is 0 Å². The molecule has 0 aromatic heterocycles. The average molecular weight is 266 g/mol. The van der Waals surface area contributed by atoms with Crippen molar-refractivity contribution in [1.82, 2.24) is 10.2 Å². The first-order valence-electron chi connectivity index (χ1n) is 8.73. The van der Waals surface area contributed by atoms with Crippen LogP contribution in [0.1, 0.15) is 65.2 Å². The molecule has 0 aromatic rings. The predicted molar refractivity (Wildman–Crippen MR) is 83.5 cm³/mol. The maximum Gasteiger partial charge on any atom is 0.0107 e. The van der Waals surface area contributed by atoms with Gasteiger partial charge in [0.2, 0.25) is 0 Å². The van der Waals surface area contributed by atoms with E-state index in [0.29, 0.717) is 0 Å². The largest absolute Gasteiger partial charge is 0.312 e. The third-order valence-electron chi connectivity index (χ3n) is 5.21. The van der Waals surface area contributed by atoms with Gasteiger partial charge in [0.15, 0.2) is 0 Å². The minimum Gasteiger partial charge on any atom is -0.312 e. The molecule has 2 heteroatoms. The first kappa shape index (κ1) is 15.3. The number of hydrogen-bond donors (Lipinski definition) is 1. The molecule has 2 unspecified atom stereocenters. The number of nitrogens with zero attached hydrogens (tertiary/aromatic N) is 1. The van der Waals surface area contributed by atoms with Gasteiger partial charge in [-0.1, -0.05) is 39.5 Å². The Labute approximate surface area is 120 Å². The maximum absolute atomic E-state index is 3.88. The zero-order valence-electron chi connectivity index (χ0n) is 13.2. The van der Waals surface area contributed by atoms with E-state index in [-0.39, 0.29) is 0 Å². The quantitative estimate of drug-likeness (QED) is 0.817. The second-order valence-electron chi connectivity index (χ2n) is 7.01. The van der Waals surface area contributed by atoms with Gasteiger partial charge < -0.3 is 10.2 Å². The lowest BCUT2D eigenvalue weighted by Gasteiger charge is -2.35. The second-order valence-corrected chi connectivity index (χ2v) is 7.01. The van der Waals surface area contributed by atoms with Crippen molar-refractivity contribution in [3.05, 3.63) is 0 Å². The Hall–Kier alpha value is -0.0800. The molecule has 1 saturated heterocycles. The molecule has 2 atom stereocenters. The Morgan fingerprint density at radius 3 is 2.32 bits per heavy atom. The van der Waals surface area contributed by atoms with Crippen molar-refractivity contribution in [1.29, 1.82) is 0 Å². The van der Waals surface area contributed by atoms with Crippen LogP contribution < -0.4 is 5.32 Å². The summed E-state index contributed by atoms with van der Waals surface area (Å²) in [5.74, 6) is 1.76. The van der Waals surface area contributed by atoms with Crippen LogP contribution in [0.4, 0.5) is 0 Å². The van der Waals surface area contributed by atoms with E-state index in [9.17, 15) is 0 Å². The first-order valence-corrected chi connectivity index (χ1v) is 8.73. The maximum atomic E-state index is 3.88. The molecule has 1 N–H and O–H groups in total.